The molecule has 12 heavy (non-hydrogen) atoms. The Hall–Kier alpha value is -0.360. The Morgan fingerprint density at radius 2 is 2.00 bits per heavy atom. The predicted molar refractivity (Wildman–Crippen MR) is 59.5 cm³/mol. The fraction of sp³-hybridized carbons (Fsp3) is 0.375. The molecule has 0 fully saturated rings. The number of aryl methyl sites for hydroxylation is 1. The topological polar surface area (TPSA) is 44.9 Å². The van der Waals surface area contributed by atoms with Crippen molar-refractivity contribution in [1.82, 2.24) is 10.3 Å². The molecule has 0 saturated heterocycles. The van der Waals surface area contributed by atoms with E-state index in [0.29, 0.717) is 0 Å². The van der Waals surface area contributed by atoms with Crippen LogP contribution < -0.4 is 10.9 Å². The van der Waals surface area contributed by atoms with Gasteiger partial charge >= 0.3 is 0 Å². The van der Waals surface area contributed by atoms with Crippen LogP contribution in [0.1, 0.15) is 5.56 Å². The Labute approximate surface area is 85.7 Å². The van der Waals surface area contributed by atoms with Crippen LogP contribution in [0.5, 0.6) is 0 Å². The van der Waals surface area contributed by atoms with Gasteiger partial charge in [-0.3, -0.25) is 4.79 Å². The number of aromatic nitrogens is 1. The highest BCUT2D eigenvalue weighted by molar-refractivity contribution is 14.1. The van der Waals surface area contributed by atoms with Gasteiger partial charge in [0.15, 0.2) is 0 Å². The second-order valence-corrected chi connectivity index (χ2v) is 3.52. The Morgan fingerprint density at radius 3 is 2.33 bits per heavy atom. The zero-order valence-corrected chi connectivity index (χ0v) is 9.60. The molecular formula is C8H13IN2O. The van der Waals surface area contributed by atoms with Crippen LogP contribution in [0.2, 0.25) is 0 Å². The summed E-state index contributed by atoms with van der Waals surface area (Å²) in [5.41, 5.74) is 1.07. The van der Waals surface area contributed by atoms with Crippen molar-refractivity contribution in [2.45, 2.75) is 6.92 Å². The molecule has 0 aliphatic carbocycles. The lowest BCUT2D eigenvalue weighted by Gasteiger charge is -1.89. The summed E-state index contributed by atoms with van der Waals surface area (Å²) in [4.78, 5) is 13.3. The van der Waals surface area contributed by atoms with E-state index in [9.17, 15) is 4.79 Å². The number of aromatic amines is 1. The first-order valence-corrected chi connectivity index (χ1v) is 4.63. The summed E-state index contributed by atoms with van der Waals surface area (Å²) < 4.78 is 0.743. The SMILES string of the molecule is CNC.Cc1c[nH]c(=O)c(I)c1. The third kappa shape index (κ3) is 4.50. The van der Waals surface area contributed by atoms with E-state index >= 15 is 0 Å². The molecule has 0 aromatic carbocycles. The summed E-state index contributed by atoms with van der Waals surface area (Å²) >= 11 is 2.01. The average molecular weight is 280 g/mol. The molecule has 0 spiro atoms. The van der Waals surface area contributed by atoms with E-state index in [1.807, 2.05) is 49.7 Å². The predicted octanol–water partition coefficient (Wildman–Crippen LogP) is 1.12. The van der Waals surface area contributed by atoms with Crippen molar-refractivity contribution >= 4 is 22.6 Å². The molecule has 0 bridgehead atoms. The molecule has 0 aliphatic rings. The Bertz CT molecular complexity index is 283. The van der Waals surface area contributed by atoms with E-state index in [-0.39, 0.29) is 5.56 Å². The molecule has 0 amide bonds. The van der Waals surface area contributed by atoms with Gasteiger partial charge in [-0.15, -0.1) is 0 Å². The molecular weight excluding hydrogens is 267 g/mol. The first-order valence-electron chi connectivity index (χ1n) is 3.55. The quantitative estimate of drug-likeness (QED) is 0.700. The standard InChI is InChI=1S/C6H6INO.C2H7N/c1-4-2-5(7)6(9)8-3-4;1-3-2/h2-3H,1H3,(H,8,9);3H,1-2H3. The van der Waals surface area contributed by atoms with Gasteiger partial charge in [-0.2, -0.15) is 0 Å². The average Bonchev–Trinajstić information content (AvgIpc) is 1.99. The largest absolute Gasteiger partial charge is 0.328 e. The third-order valence-corrected chi connectivity index (χ3v) is 1.80. The van der Waals surface area contributed by atoms with Gasteiger partial charge in [-0.25, -0.2) is 0 Å². The molecule has 0 atom stereocenters. The van der Waals surface area contributed by atoms with Crippen molar-refractivity contribution in [1.29, 1.82) is 0 Å². The van der Waals surface area contributed by atoms with Crippen molar-refractivity contribution in [3.05, 3.63) is 31.8 Å². The van der Waals surface area contributed by atoms with Gasteiger partial charge in [0, 0.05) is 6.20 Å². The van der Waals surface area contributed by atoms with Gasteiger partial charge in [0.25, 0.3) is 5.56 Å². The summed E-state index contributed by atoms with van der Waals surface area (Å²) in [6.45, 7) is 1.94. The third-order valence-electron chi connectivity index (χ3n) is 1.00. The van der Waals surface area contributed by atoms with Gasteiger partial charge in [-0.1, -0.05) is 0 Å². The van der Waals surface area contributed by atoms with Crippen LogP contribution in [-0.2, 0) is 0 Å². The van der Waals surface area contributed by atoms with E-state index in [1.54, 1.807) is 6.20 Å². The molecule has 0 saturated carbocycles. The van der Waals surface area contributed by atoms with E-state index in [4.69, 9.17) is 0 Å². The fourth-order valence-electron chi connectivity index (χ4n) is 0.555. The number of hydrogen-bond acceptors (Lipinski definition) is 2. The highest BCUT2D eigenvalue weighted by atomic mass is 127. The Balaban J connectivity index is 0.000000354. The molecule has 3 nitrogen and oxygen atoms in total. The van der Waals surface area contributed by atoms with Crippen molar-refractivity contribution in [2.24, 2.45) is 0 Å². The van der Waals surface area contributed by atoms with Crippen molar-refractivity contribution in [3.63, 3.8) is 0 Å². The highest BCUT2D eigenvalue weighted by Gasteiger charge is 1.91. The van der Waals surface area contributed by atoms with Gasteiger partial charge in [0.2, 0.25) is 0 Å². The maximum atomic E-state index is 10.7. The van der Waals surface area contributed by atoms with Crippen molar-refractivity contribution in [3.8, 4) is 0 Å². The van der Waals surface area contributed by atoms with Crippen molar-refractivity contribution in [2.75, 3.05) is 14.1 Å². The minimum Gasteiger partial charge on any atom is -0.328 e. The minimum atomic E-state index is -0.0128. The molecule has 68 valence electrons. The number of pyridine rings is 1. The fourth-order valence-corrected chi connectivity index (χ4v) is 1.20. The highest BCUT2D eigenvalue weighted by Crippen LogP contribution is 1.98. The molecule has 0 unspecified atom stereocenters. The Kier molecular flexibility index (Phi) is 6.00. The van der Waals surface area contributed by atoms with Crippen LogP contribution in [0, 0.1) is 10.5 Å². The second kappa shape index (κ2) is 6.19. The lowest BCUT2D eigenvalue weighted by Crippen LogP contribution is -2.07. The normalized spacial score (nSPS) is 8.67. The lowest BCUT2D eigenvalue weighted by atomic mass is 10.3. The monoisotopic (exact) mass is 280 g/mol. The summed E-state index contributed by atoms with van der Waals surface area (Å²) in [7, 11) is 3.75. The van der Waals surface area contributed by atoms with Crippen LogP contribution >= 0.6 is 22.6 Å². The minimum absolute atomic E-state index is 0.0128. The number of H-pyrrole nitrogens is 1. The molecule has 0 aliphatic heterocycles. The number of rotatable bonds is 0. The summed E-state index contributed by atoms with van der Waals surface area (Å²) in [5.74, 6) is 0. The lowest BCUT2D eigenvalue weighted by molar-refractivity contribution is 1.02. The zero-order valence-electron chi connectivity index (χ0n) is 7.44. The maximum absolute atomic E-state index is 10.7. The van der Waals surface area contributed by atoms with Crippen LogP contribution in [-0.4, -0.2) is 19.1 Å². The first-order chi connectivity index (χ1) is 5.61. The number of hydrogen-bond donors (Lipinski definition) is 2. The van der Waals surface area contributed by atoms with E-state index in [2.05, 4.69) is 10.3 Å². The zero-order chi connectivity index (χ0) is 9.56. The van der Waals surface area contributed by atoms with Gasteiger partial charge < -0.3 is 10.3 Å². The van der Waals surface area contributed by atoms with Crippen molar-refractivity contribution < 1.29 is 0 Å². The first kappa shape index (κ1) is 11.6. The summed E-state index contributed by atoms with van der Waals surface area (Å²) in [6.07, 6.45) is 1.70. The molecule has 1 heterocycles. The smallest absolute Gasteiger partial charge is 0.261 e. The maximum Gasteiger partial charge on any atom is 0.261 e. The Morgan fingerprint density at radius 1 is 1.50 bits per heavy atom. The van der Waals surface area contributed by atoms with Gasteiger partial charge in [-0.05, 0) is 55.2 Å². The molecule has 1 aromatic rings. The van der Waals surface area contributed by atoms with E-state index < -0.39 is 0 Å². The molecule has 2 N–H and O–H groups in total. The second-order valence-electron chi connectivity index (χ2n) is 2.35. The number of nitrogens with one attached hydrogen (secondary N) is 2. The van der Waals surface area contributed by atoms with Gasteiger partial charge in [0.1, 0.15) is 0 Å². The summed E-state index contributed by atoms with van der Waals surface area (Å²) in [5, 5.41) is 2.75. The molecule has 0 radical (unpaired) electrons. The number of halogens is 1. The van der Waals surface area contributed by atoms with Gasteiger partial charge in [0.05, 0.1) is 3.57 Å². The molecule has 4 heteroatoms. The molecule has 1 rings (SSSR count). The summed E-state index contributed by atoms with van der Waals surface area (Å²) in [6, 6.07) is 1.85. The van der Waals surface area contributed by atoms with Crippen LogP contribution in [0.15, 0.2) is 17.1 Å². The van der Waals surface area contributed by atoms with Crippen LogP contribution in [0.3, 0.4) is 0 Å². The molecule has 1 aromatic heterocycles. The van der Waals surface area contributed by atoms with E-state index in [0.717, 1.165) is 9.13 Å². The van der Waals surface area contributed by atoms with E-state index in [1.165, 1.54) is 0 Å². The van der Waals surface area contributed by atoms with Crippen LogP contribution in [0.4, 0.5) is 0 Å². The van der Waals surface area contributed by atoms with Crippen LogP contribution in [0.25, 0.3) is 0 Å².